The molecule has 0 aliphatic heterocycles. The minimum Gasteiger partial charge on any atom is -0.413 e. The Morgan fingerprint density at radius 3 is 2.86 bits per heavy atom. The second-order valence-corrected chi connectivity index (χ2v) is 2.90. The van der Waals surface area contributed by atoms with Crippen molar-refractivity contribution in [3.05, 3.63) is 27.9 Å². The maximum Gasteiger partial charge on any atom is 0.288 e. The summed E-state index contributed by atoms with van der Waals surface area (Å²) >= 11 is 4.50. The Bertz CT molecular complexity index is 394. The van der Waals surface area contributed by atoms with Crippen LogP contribution in [0.1, 0.15) is 5.56 Å². The van der Waals surface area contributed by atoms with Crippen LogP contribution < -0.4 is 10.5 Å². The van der Waals surface area contributed by atoms with Crippen LogP contribution in [0.2, 0.25) is 0 Å². The van der Waals surface area contributed by atoms with Crippen LogP contribution in [-0.4, -0.2) is 15.1 Å². The average molecular weight is 213 g/mol. The molecule has 0 bridgehead atoms. The lowest BCUT2D eigenvalue weighted by molar-refractivity contribution is -0.385. The fraction of sp³-hybridized carbons (Fsp3) is 0.143. The summed E-state index contributed by atoms with van der Waals surface area (Å²) in [5.41, 5.74) is 5.53. The number of nitrogens with two attached hydrogens (primary N) is 1. The molecule has 1 aromatic rings. The first-order valence-electron chi connectivity index (χ1n) is 3.59. The van der Waals surface area contributed by atoms with E-state index in [1.807, 2.05) is 0 Å². The minimum atomic E-state index is -0.537. The molecule has 0 spiro atoms. The number of hydrogen-bond acceptors (Lipinski definition) is 5. The third-order valence-electron chi connectivity index (χ3n) is 1.42. The number of thiocarbonyl (C=S) groups is 1. The molecule has 0 saturated heterocycles. The first-order chi connectivity index (χ1) is 6.50. The molecule has 0 unspecified atom stereocenters. The molecule has 0 aromatic carbocycles. The Labute approximate surface area is 84.8 Å². The van der Waals surface area contributed by atoms with Crippen molar-refractivity contribution in [1.82, 2.24) is 4.98 Å². The Morgan fingerprint density at radius 1 is 1.79 bits per heavy atom. The number of aryl methyl sites for hydroxylation is 1. The molecule has 14 heavy (non-hydrogen) atoms. The van der Waals surface area contributed by atoms with Crippen molar-refractivity contribution < 1.29 is 9.66 Å². The Kier molecular flexibility index (Phi) is 2.92. The van der Waals surface area contributed by atoms with Gasteiger partial charge in [0.05, 0.1) is 4.92 Å². The number of ether oxygens (including phenoxy) is 1. The van der Waals surface area contributed by atoms with E-state index in [0.717, 1.165) is 6.20 Å². The first kappa shape index (κ1) is 10.3. The molecule has 1 aromatic heterocycles. The molecule has 0 fully saturated rings. The third-order valence-corrected chi connectivity index (χ3v) is 1.51. The zero-order valence-electron chi connectivity index (χ0n) is 7.26. The highest BCUT2D eigenvalue weighted by Crippen LogP contribution is 2.19. The van der Waals surface area contributed by atoms with Gasteiger partial charge in [-0.3, -0.25) is 10.1 Å². The molecule has 1 rings (SSSR count). The van der Waals surface area contributed by atoms with Gasteiger partial charge in [-0.15, -0.1) is 0 Å². The van der Waals surface area contributed by atoms with Gasteiger partial charge in [0, 0.05) is 11.6 Å². The normalized spacial score (nSPS) is 9.50. The van der Waals surface area contributed by atoms with Gasteiger partial charge in [-0.1, -0.05) is 0 Å². The van der Waals surface area contributed by atoms with E-state index >= 15 is 0 Å². The molecule has 74 valence electrons. The minimum absolute atomic E-state index is 0.0993. The van der Waals surface area contributed by atoms with E-state index in [9.17, 15) is 10.1 Å². The van der Waals surface area contributed by atoms with Gasteiger partial charge in [-0.2, -0.15) is 0 Å². The molecule has 2 N–H and O–H groups in total. The van der Waals surface area contributed by atoms with Crippen molar-refractivity contribution in [3.8, 4) is 5.88 Å². The SMILES string of the molecule is Cc1cc([N+](=O)[O-])cnc1OC(N)=S. The van der Waals surface area contributed by atoms with E-state index in [0.29, 0.717) is 5.56 Å². The lowest BCUT2D eigenvalue weighted by Crippen LogP contribution is -2.17. The zero-order chi connectivity index (χ0) is 10.7. The lowest BCUT2D eigenvalue weighted by atomic mass is 10.3. The third kappa shape index (κ3) is 2.36. The standard InChI is InChI=1S/C7H7N3O3S/c1-4-2-5(10(11)12)3-9-6(4)13-7(8)14/h2-3H,1H3,(H2,8,14). The quantitative estimate of drug-likeness (QED) is 0.446. The predicted molar refractivity (Wildman–Crippen MR) is 53.0 cm³/mol. The number of aromatic nitrogens is 1. The Hall–Kier alpha value is -1.76. The maximum absolute atomic E-state index is 10.4. The van der Waals surface area contributed by atoms with Crippen LogP contribution in [-0.2, 0) is 0 Å². The van der Waals surface area contributed by atoms with Gasteiger partial charge < -0.3 is 10.5 Å². The van der Waals surface area contributed by atoms with Crippen LogP contribution in [0.3, 0.4) is 0 Å². The highest BCUT2D eigenvalue weighted by Gasteiger charge is 2.10. The highest BCUT2D eigenvalue weighted by atomic mass is 32.1. The fourth-order valence-electron chi connectivity index (χ4n) is 0.849. The van der Waals surface area contributed by atoms with Crippen LogP contribution in [0.5, 0.6) is 5.88 Å². The van der Waals surface area contributed by atoms with Gasteiger partial charge in [0.1, 0.15) is 6.20 Å². The Balaban J connectivity index is 3.01. The molecule has 0 amide bonds. The largest absolute Gasteiger partial charge is 0.413 e. The molecule has 0 aliphatic rings. The predicted octanol–water partition coefficient (Wildman–Crippen LogP) is 0.921. The van der Waals surface area contributed by atoms with Gasteiger partial charge in [-0.25, -0.2) is 4.98 Å². The first-order valence-corrected chi connectivity index (χ1v) is 4.00. The van der Waals surface area contributed by atoms with Crippen LogP contribution in [0.25, 0.3) is 0 Å². The summed E-state index contributed by atoms with van der Waals surface area (Å²) in [4.78, 5) is 13.5. The molecular formula is C7H7N3O3S. The second-order valence-electron chi connectivity index (χ2n) is 2.49. The molecule has 1 heterocycles. The monoisotopic (exact) mass is 213 g/mol. The zero-order valence-corrected chi connectivity index (χ0v) is 8.08. The molecule has 6 nitrogen and oxygen atoms in total. The molecule has 0 aliphatic carbocycles. The maximum atomic E-state index is 10.4. The topological polar surface area (TPSA) is 91.3 Å². The smallest absolute Gasteiger partial charge is 0.288 e. The summed E-state index contributed by atoms with van der Waals surface area (Å²) in [6.07, 6.45) is 1.08. The Morgan fingerprint density at radius 2 is 2.43 bits per heavy atom. The van der Waals surface area contributed by atoms with E-state index in [1.54, 1.807) is 6.92 Å². The van der Waals surface area contributed by atoms with E-state index in [-0.39, 0.29) is 16.7 Å². The molecule has 0 saturated carbocycles. The van der Waals surface area contributed by atoms with E-state index < -0.39 is 4.92 Å². The lowest BCUT2D eigenvalue weighted by Gasteiger charge is -2.03. The van der Waals surface area contributed by atoms with Crippen LogP contribution in [0.15, 0.2) is 12.3 Å². The fourth-order valence-corrected chi connectivity index (χ4v) is 0.928. The number of rotatable bonds is 2. The molecular weight excluding hydrogens is 206 g/mol. The summed E-state index contributed by atoms with van der Waals surface area (Å²) in [5.74, 6) is 0.183. The summed E-state index contributed by atoms with van der Waals surface area (Å²) in [5, 5.41) is 10.2. The van der Waals surface area contributed by atoms with Crippen LogP contribution in [0, 0.1) is 17.0 Å². The highest BCUT2D eigenvalue weighted by molar-refractivity contribution is 7.80. The number of pyridine rings is 1. The summed E-state index contributed by atoms with van der Waals surface area (Å²) < 4.78 is 4.86. The van der Waals surface area contributed by atoms with Gasteiger partial charge in [-0.05, 0) is 19.1 Å². The van der Waals surface area contributed by atoms with Gasteiger partial charge in [0.25, 0.3) is 10.9 Å². The van der Waals surface area contributed by atoms with Gasteiger partial charge >= 0.3 is 0 Å². The van der Waals surface area contributed by atoms with Crippen molar-refractivity contribution >= 4 is 23.1 Å². The van der Waals surface area contributed by atoms with Crippen LogP contribution in [0.4, 0.5) is 5.69 Å². The van der Waals surface area contributed by atoms with Gasteiger partial charge in [0.2, 0.25) is 5.88 Å². The van der Waals surface area contributed by atoms with E-state index in [1.165, 1.54) is 6.07 Å². The number of nitro groups is 1. The summed E-state index contributed by atoms with van der Waals surface area (Å²) in [7, 11) is 0. The summed E-state index contributed by atoms with van der Waals surface area (Å²) in [6.45, 7) is 1.62. The van der Waals surface area contributed by atoms with Crippen molar-refractivity contribution in [2.45, 2.75) is 6.92 Å². The molecule has 0 atom stereocenters. The van der Waals surface area contributed by atoms with Crippen molar-refractivity contribution in [1.29, 1.82) is 0 Å². The average Bonchev–Trinajstić information content (AvgIpc) is 2.07. The van der Waals surface area contributed by atoms with E-state index in [4.69, 9.17) is 10.5 Å². The number of hydrogen-bond donors (Lipinski definition) is 1. The second kappa shape index (κ2) is 3.97. The van der Waals surface area contributed by atoms with Gasteiger partial charge in [0.15, 0.2) is 0 Å². The van der Waals surface area contributed by atoms with Crippen molar-refractivity contribution in [3.63, 3.8) is 0 Å². The van der Waals surface area contributed by atoms with Crippen LogP contribution >= 0.6 is 12.2 Å². The summed E-state index contributed by atoms with van der Waals surface area (Å²) in [6, 6.07) is 1.33. The molecule has 0 radical (unpaired) electrons. The van der Waals surface area contributed by atoms with E-state index in [2.05, 4.69) is 17.2 Å². The van der Waals surface area contributed by atoms with Crippen molar-refractivity contribution in [2.75, 3.05) is 0 Å². The molecule has 7 heteroatoms. The van der Waals surface area contributed by atoms with Crippen molar-refractivity contribution in [2.24, 2.45) is 5.73 Å². The number of nitrogens with zero attached hydrogens (tertiary/aromatic N) is 2.